The molecule has 13 heteroatoms. The molecule has 6 aromatic rings. The minimum Gasteiger partial charge on any atom is -0.431 e. The molecule has 2 aromatic heterocycles. The number of aliphatic hydroxyl groups excluding tert-OH is 2. The van der Waals surface area contributed by atoms with Crippen molar-refractivity contribution in [3.05, 3.63) is 166 Å². The van der Waals surface area contributed by atoms with E-state index in [-0.39, 0.29) is 49.8 Å². The summed E-state index contributed by atoms with van der Waals surface area (Å²) in [6, 6.07) is 31.1. The van der Waals surface area contributed by atoms with Gasteiger partial charge < -0.3 is 28.8 Å². The third kappa shape index (κ3) is 8.70. The van der Waals surface area contributed by atoms with E-state index >= 15 is 4.79 Å². The van der Waals surface area contributed by atoms with Crippen LogP contribution in [0.2, 0.25) is 0 Å². The summed E-state index contributed by atoms with van der Waals surface area (Å²) in [5, 5.41) is 24.4. The summed E-state index contributed by atoms with van der Waals surface area (Å²) in [4.78, 5) is 56.9. The van der Waals surface area contributed by atoms with Crippen LogP contribution in [0.25, 0.3) is 0 Å². The molecule has 0 saturated carbocycles. The molecule has 298 valence electrons. The number of amides is 4. The molecule has 7 rings (SSSR count). The summed E-state index contributed by atoms with van der Waals surface area (Å²) in [5.41, 5.74) is 4.98. The molecule has 1 aliphatic rings. The van der Waals surface area contributed by atoms with Gasteiger partial charge in [-0.25, -0.2) is 4.79 Å². The van der Waals surface area contributed by atoms with Crippen molar-refractivity contribution in [3.8, 4) is 0 Å². The van der Waals surface area contributed by atoms with Crippen molar-refractivity contribution >= 4 is 29.9 Å². The van der Waals surface area contributed by atoms with Gasteiger partial charge in [0.2, 0.25) is 0 Å². The Bertz CT molecular complexity index is 2200. The third-order valence-corrected chi connectivity index (χ3v) is 10.5. The molecule has 2 N–H and O–H groups in total. The zero-order chi connectivity index (χ0) is 40.9. The summed E-state index contributed by atoms with van der Waals surface area (Å²) in [5.74, 6) is -0.713. The van der Waals surface area contributed by atoms with E-state index in [0.717, 1.165) is 11.1 Å². The van der Waals surface area contributed by atoms with E-state index in [9.17, 15) is 19.8 Å². The van der Waals surface area contributed by atoms with Crippen molar-refractivity contribution in [1.29, 1.82) is 0 Å². The Morgan fingerprint density at radius 1 is 0.603 bits per heavy atom. The summed E-state index contributed by atoms with van der Waals surface area (Å²) in [7, 11) is 3.15. The van der Waals surface area contributed by atoms with Gasteiger partial charge in [-0.1, -0.05) is 84.9 Å². The Balaban J connectivity index is 1.26. The fourth-order valence-corrected chi connectivity index (χ4v) is 7.37. The number of oxazole rings is 2. The highest BCUT2D eigenvalue weighted by Gasteiger charge is 2.46. The molecule has 1 saturated heterocycles. The number of aliphatic hydroxyl groups is 2. The molecule has 0 radical (unpaired) electrons. The summed E-state index contributed by atoms with van der Waals surface area (Å²) in [6.07, 6.45) is 0.706. The normalized spacial score (nSPS) is 18.2. The number of carbonyl (C=O) groups is 3. The lowest BCUT2D eigenvalue weighted by atomic mass is 9.90. The molecule has 13 nitrogen and oxygen atoms in total. The Morgan fingerprint density at radius 3 is 1.34 bits per heavy atom. The molecule has 0 spiro atoms. The van der Waals surface area contributed by atoms with E-state index in [1.807, 2.05) is 72.8 Å². The highest BCUT2D eigenvalue weighted by Crippen LogP contribution is 2.31. The van der Waals surface area contributed by atoms with Crippen LogP contribution < -0.4 is 9.80 Å². The zero-order valence-corrected chi connectivity index (χ0v) is 32.8. The van der Waals surface area contributed by atoms with Gasteiger partial charge in [-0.2, -0.15) is 9.97 Å². The van der Waals surface area contributed by atoms with Crippen LogP contribution in [0.4, 0.5) is 16.8 Å². The standard InChI is InChI=1S/C45H46N6O7/c1-29-27-57-43(46-29)48(3)41(54)35-19-11-17-33(21-35)25-50-37(23-31-13-7-5-8-14-31)39(52)40(53)38(24-32-15-9-6-10-16-32)51(45(50)56)26-34-18-12-20-36(22-34)42(55)49(4)44-47-30(2)28-58-44/h5-22,27-28,37-40,52-53H,23-26H2,1-4H3/t37-,38-,39+,40+/m1/s1. The fraction of sp³-hybridized carbons (Fsp3) is 0.267. The number of benzene rings is 4. The van der Waals surface area contributed by atoms with Gasteiger partial charge in [0.15, 0.2) is 0 Å². The van der Waals surface area contributed by atoms with Crippen molar-refractivity contribution in [2.75, 3.05) is 23.9 Å². The smallest absolute Gasteiger partial charge is 0.321 e. The SMILES string of the molecule is Cc1coc(N(C)C(=O)c2cccc(CN3C(=O)N(Cc4cccc(C(=O)N(C)c5nc(C)co5)c4)[C@H](Cc4ccccc4)[C@H](O)[C@@H](O)[C@H]3Cc3ccccc3)c2)n1. The molecule has 3 heterocycles. The van der Waals surface area contributed by atoms with Crippen LogP contribution in [0.15, 0.2) is 131 Å². The molecule has 0 aliphatic carbocycles. The fourth-order valence-electron chi connectivity index (χ4n) is 7.37. The molecule has 4 aromatic carbocycles. The maximum absolute atomic E-state index is 15.3. The Labute approximate surface area is 336 Å². The molecule has 1 aliphatic heterocycles. The monoisotopic (exact) mass is 782 g/mol. The molecule has 4 amide bonds. The van der Waals surface area contributed by atoms with Crippen molar-refractivity contribution in [1.82, 2.24) is 19.8 Å². The number of aromatic nitrogens is 2. The van der Waals surface area contributed by atoms with Crippen LogP contribution in [0, 0.1) is 13.8 Å². The minimum atomic E-state index is -1.36. The Kier molecular flexibility index (Phi) is 11.8. The molecule has 1 fully saturated rings. The largest absolute Gasteiger partial charge is 0.431 e. The van der Waals surface area contributed by atoms with Crippen LogP contribution in [0.1, 0.15) is 54.4 Å². The van der Waals surface area contributed by atoms with Gasteiger partial charge in [-0.15, -0.1) is 0 Å². The van der Waals surface area contributed by atoms with Gasteiger partial charge in [0.25, 0.3) is 11.8 Å². The number of rotatable bonds is 12. The van der Waals surface area contributed by atoms with Gasteiger partial charge in [0, 0.05) is 38.3 Å². The van der Waals surface area contributed by atoms with Gasteiger partial charge in [-0.05, 0) is 73.2 Å². The van der Waals surface area contributed by atoms with E-state index in [4.69, 9.17) is 8.83 Å². The number of aryl methyl sites for hydroxylation is 2. The van der Waals surface area contributed by atoms with Crippen molar-refractivity contribution in [2.45, 2.75) is 64.1 Å². The average Bonchev–Trinajstić information content (AvgIpc) is 3.89. The van der Waals surface area contributed by atoms with Crippen molar-refractivity contribution < 1.29 is 33.4 Å². The number of urea groups is 1. The summed E-state index contributed by atoms with van der Waals surface area (Å²) in [6.45, 7) is 3.56. The second kappa shape index (κ2) is 17.3. The summed E-state index contributed by atoms with van der Waals surface area (Å²) < 4.78 is 10.9. The predicted octanol–water partition coefficient (Wildman–Crippen LogP) is 6.21. The van der Waals surface area contributed by atoms with E-state index in [0.29, 0.717) is 33.6 Å². The van der Waals surface area contributed by atoms with Crippen molar-refractivity contribution in [2.24, 2.45) is 0 Å². The number of hydrogen-bond donors (Lipinski definition) is 2. The Hall–Kier alpha value is -6.57. The first-order valence-corrected chi connectivity index (χ1v) is 19.1. The number of hydrogen-bond acceptors (Lipinski definition) is 9. The van der Waals surface area contributed by atoms with Crippen LogP contribution >= 0.6 is 0 Å². The van der Waals surface area contributed by atoms with Crippen LogP contribution in [-0.2, 0) is 25.9 Å². The Morgan fingerprint density at radius 2 is 0.983 bits per heavy atom. The second-order valence-electron chi connectivity index (χ2n) is 14.7. The van der Waals surface area contributed by atoms with Gasteiger partial charge in [0.1, 0.15) is 24.7 Å². The number of carbonyl (C=O) groups excluding carboxylic acids is 3. The minimum absolute atomic E-state index is 0.0104. The van der Waals surface area contributed by atoms with Crippen LogP contribution in [0.3, 0.4) is 0 Å². The van der Waals surface area contributed by atoms with Crippen LogP contribution in [0.5, 0.6) is 0 Å². The highest BCUT2D eigenvalue weighted by atomic mass is 16.4. The first-order valence-electron chi connectivity index (χ1n) is 19.1. The maximum atomic E-state index is 15.3. The van der Waals surface area contributed by atoms with E-state index in [1.54, 1.807) is 74.1 Å². The predicted molar refractivity (Wildman–Crippen MR) is 217 cm³/mol. The molecular formula is C45H46N6O7. The highest BCUT2D eigenvalue weighted by molar-refractivity contribution is 6.05. The lowest BCUT2D eigenvalue weighted by Gasteiger charge is -2.36. The topological polar surface area (TPSA) is 157 Å². The number of anilines is 2. The first-order chi connectivity index (χ1) is 28.0. The third-order valence-electron chi connectivity index (χ3n) is 10.5. The average molecular weight is 783 g/mol. The quantitative estimate of drug-likeness (QED) is 0.147. The van der Waals surface area contributed by atoms with Gasteiger partial charge in [0.05, 0.1) is 23.5 Å². The van der Waals surface area contributed by atoms with Gasteiger partial charge >= 0.3 is 18.1 Å². The second-order valence-corrected chi connectivity index (χ2v) is 14.7. The first kappa shape index (κ1) is 39.7. The maximum Gasteiger partial charge on any atom is 0.321 e. The molecule has 58 heavy (non-hydrogen) atoms. The van der Waals surface area contributed by atoms with Crippen LogP contribution in [-0.4, -0.2) is 86.2 Å². The summed E-state index contributed by atoms with van der Waals surface area (Å²) >= 11 is 0. The molecular weight excluding hydrogens is 737 g/mol. The van der Waals surface area contributed by atoms with E-state index < -0.39 is 30.3 Å². The van der Waals surface area contributed by atoms with Crippen molar-refractivity contribution in [3.63, 3.8) is 0 Å². The lowest BCUT2D eigenvalue weighted by Crippen LogP contribution is -2.50. The van der Waals surface area contributed by atoms with E-state index in [1.165, 1.54) is 22.3 Å². The number of nitrogens with zero attached hydrogens (tertiary/aromatic N) is 6. The molecule has 0 unspecified atom stereocenters. The molecule has 4 atom stereocenters. The zero-order valence-electron chi connectivity index (χ0n) is 32.8. The lowest BCUT2D eigenvalue weighted by molar-refractivity contribution is -0.0408. The van der Waals surface area contributed by atoms with Gasteiger partial charge in [-0.3, -0.25) is 19.4 Å². The van der Waals surface area contributed by atoms with E-state index in [2.05, 4.69) is 9.97 Å². The molecule has 0 bridgehead atoms.